The Morgan fingerprint density at radius 3 is 3.00 bits per heavy atom. The van der Waals surface area contributed by atoms with Crippen LogP contribution in [-0.2, 0) is 6.54 Å². The molecule has 4 nitrogen and oxygen atoms in total. The lowest BCUT2D eigenvalue weighted by molar-refractivity contribution is 0.0954. The largest absolute Gasteiger partial charge is 0.375 e. The van der Waals surface area contributed by atoms with Crippen LogP contribution in [0.4, 0.5) is 5.13 Å². The maximum atomic E-state index is 11.8. The highest BCUT2D eigenvalue weighted by molar-refractivity contribution is 7.17. The third-order valence-corrected chi connectivity index (χ3v) is 3.88. The second-order valence-corrected chi connectivity index (χ2v) is 5.29. The molecule has 2 aromatic rings. The first-order valence-electron chi connectivity index (χ1n) is 4.70. The number of hydrogen-bond acceptors (Lipinski definition) is 5. The van der Waals surface area contributed by atoms with E-state index >= 15 is 0 Å². The fraction of sp³-hybridized carbons (Fsp3) is 0.200. The maximum absolute atomic E-state index is 11.8. The van der Waals surface area contributed by atoms with Gasteiger partial charge in [0.2, 0.25) is 0 Å². The molecule has 16 heavy (non-hydrogen) atoms. The average molecular weight is 253 g/mol. The van der Waals surface area contributed by atoms with Gasteiger partial charge in [0.15, 0.2) is 5.13 Å². The van der Waals surface area contributed by atoms with E-state index in [0.29, 0.717) is 22.2 Å². The lowest BCUT2D eigenvalue weighted by Crippen LogP contribution is -2.22. The van der Waals surface area contributed by atoms with Crippen molar-refractivity contribution >= 4 is 33.7 Å². The predicted octanol–water partition coefficient (Wildman–Crippen LogP) is 2.03. The van der Waals surface area contributed by atoms with Crippen molar-refractivity contribution in [3.05, 3.63) is 33.0 Å². The van der Waals surface area contributed by atoms with Crippen molar-refractivity contribution in [1.29, 1.82) is 0 Å². The topological polar surface area (TPSA) is 68.0 Å². The number of amides is 1. The highest BCUT2D eigenvalue weighted by Gasteiger charge is 2.13. The van der Waals surface area contributed by atoms with Gasteiger partial charge in [-0.05, 0) is 18.4 Å². The zero-order valence-electron chi connectivity index (χ0n) is 8.69. The van der Waals surface area contributed by atoms with Gasteiger partial charge in [-0.1, -0.05) is 17.4 Å². The van der Waals surface area contributed by atoms with E-state index < -0.39 is 0 Å². The van der Waals surface area contributed by atoms with Crippen LogP contribution in [0.15, 0.2) is 17.5 Å². The van der Waals surface area contributed by atoms with Gasteiger partial charge in [0.05, 0.1) is 12.2 Å². The van der Waals surface area contributed by atoms with Gasteiger partial charge in [-0.25, -0.2) is 4.98 Å². The summed E-state index contributed by atoms with van der Waals surface area (Å²) in [5.41, 5.74) is 6.22. The van der Waals surface area contributed by atoms with Crippen LogP contribution in [0.1, 0.15) is 20.2 Å². The Balaban J connectivity index is 2.01. The molecule has 0 saturated carbocycles. The average Bonchev–Trinajstić information content (AvgIpc) is 2.84. The molecule has 0 saturated heterocycles. The Kier molecular flexibility index (Phi) is 3.21. The molecular formula is C10H11N3OS2. The zero-order valence-corrected chi connectivity index (χ0v) is 10.3. The number of anilines is 1. The minimum atomic E-state index is -0.111. The fourth-order valence-corrected chi connectivity index (χ4v) is 2.68. The van der Waals surface area contributed by atoms with E-state index in [-0.39, 0.29) is 5.91 Å². The van der Waals surface area contributed by atoms with Crippen LogP contribution in [0.25, 0.3) is 0 Å². The molecule has 3 N–H and O–H groups in total. The van der Waals surface area contributed by atoms with Crippen molar-refractivity contribution in [3.8, 4) is 0 Å². The number of rotatable bonds is 3. The minimum absolute atomic E-state index is 0.111. The molecule has 0 aliphatic carbocycles. The number of hydrogen-bond donors (Lipinski definition) is 2. The van der Waals surface area contributed by atoms with Gasteiger partial charge in [0.1, 0.15) is 4.88 Å². The first-order valence-corrected chi connectivity index (χ1v) is 6.40. The van der Waals surface area contributed by atoms with Gasteiger partial charge in [0, 0.05) is 4.88 Å². The Morgan fingerprint density at radius 1 is 1.62 bits per heavy atom. The van der Waals surface area contributed by atoms with Crippen LogP contribution in [0.5, 0.6) is 0 Å². The van der Waals surface area contributed by atoms with E-state index in [9.17, 15) is 4.79 Å². The van der Waals surface area contributed by atoms with E-state index in [2.05, 4.69) is 10.3 Å². The summed E-state index contributed by atoms with van der Waals surface area (Å²) in [4.78, 5) is 17.5. The van der Waals surface area contributed by atoms with Gasteiger partial charge in [-0.15, -0.1) is 11.3 Å². The summed E-state index contributed by atoms with van der Waals surface area (Å²) < 4.78 is 0. The van der Waals surface area contributed by atoms with E-state index in [1.54, 1.807) is 18.3 Å². The van der Waals surface area contributed by atoms with Crippen molar-refractivity contribution in [2.24, 2.45) is 0 Å². The first-order chi connectivity index (χ1) is 7.66. The van der Waals surface area contributed by atoms with Crippen molar-refractivity contribution in [1.82, 2.24) is 10.3 Å². The van der Waals surface area contributed by atoms with E-state index in [1.807, 2.05) is 17.5 Å². The molecule has 84 valence electrons. The molecule has 6 heteroatoms. The molecule has 2 rings (SSSR count). The number of carbonyl (C=O) groups is 1. The van der Waals surface area contributed by atoms with Gasteiger partial charge >= 0.3 is 0 Å². The summed E-state index contributed by atoms with van der Waals surface area (Å²) in [5, 5.41) is 5.25. The number of thiophene rings is 1. The molecule has 0 atom stereocenters. The number of nitrogen functional groups attached to an aromatic ring is 1. The monoisotopic (exact) mass is 253 g/mol. The molecule has 2 heterocycles. The fourth-order valence-electron chi connectivity index (χ4n) is 1.29. The second-order valence-electron chi connectivity index (χ2n) is 3.23. The smallest absolute Gasteiger partial charge is 0.263 e. The molecule has 1 amide bonds. The van der Waals surface area contributed by atoms with E-state index in [0.717, 1.165) is 4.88 Å². The number of carbonyl (C=O) groups excluding carboxylic acids is 1. The first kappa shape index (κ1) is 11.1. The summed E-state index contributed by atoms with van der Waals surface area (Å²) >= 11 is 2.84. The second kappa shape index (κ2) is 4.63. The maximum Gasteiger partial charge on any atom is 0.263 e. The van der Waals surface area contributed by atoms with E-state index in [4.69, 9.17) is 5.73 Å². The van der Waals surface area contributed by atoms with Crippen molar-refractivity contribution in [2.45, 2.75) is 13.5 Å². The Bertz CT molecular complexity index is 490. The number of nitrogens with zero attached hydrogens (tertiary/aromatic N) is 1. The molecule has 0 aliphatic rings. The van der Waals surface area contributed by atoms with Gasteiger partial charge < -0.3 is 11.1 Å². The zero-order chi connectivity index (χ0) is 11.5. The van der Waals surface area contributed by atoms with Crippen LogP contribution >= 0.6 is 22.7 Å². The molecule has 0 aliphatic heterocycles. The number of aryl methyl sites for hydroxylation is 1. The molecule has 0 bridgehead atoms. The molecule has 0 radical (unpaired) electrons. The molecular weight excluding hydrogens is 242 g/mol. The van der Waals surface area contributed by atoms with Crippen molar-refractivity contribution in [3.63, 3.8) is 0 Å². The lowest BCUT2D eigenvalue weighted by atomic mass is 10.3. The van der Waals surface area contributed by atoms with Crippen LogP contribution in [0, 0.1) is 6.92 Å². The number of nitrogens with one attached hydrogen (secondary N) is 1. The summed E-state index contributed by atoms with van der Waals surface area (Å²) in [6.07, 6.45) is 0. The standard InChI is InChI=1S/C10H11N3OS2/c1-6-8(16-10(11)13-6)9(14)12-5-7-3-2-4-15-7/h2-4H,5H2,1H3,(H2,11,13)(H,12,14). The normalized spacial score (nSPS) is 10.3. The molecule has 0 unspecified atom stereocenters. The van der Waals surface area contributed by atoms with Gasteiger partial charge in [-0.3, -0.25) is 4.79 Å². The van der Waals surface area contributed by atoms with Crippen LogP contribution in [0.2, 0.25) is 0 Å². The van der Waals surface area contributed by atoms with Gasteiger partial charge in [-0.2, -0.15) is 0 Å². The SMILES string of the molecule is Cc1nc(N)sc1C(=O)NCc1cccs1. The molecule has 0 aromatic carbocycles. The summed E-state index contributed by atoms with van der Waals surface area (Å²) in [6.45, 7) is 2.33. The van der Waals surface area contributed by atoms with Gasteiger partial charge in [0.25, 0.3) is 5.91 Å². The summed E-state index contributed by atoms with van der Waals surface area (Å²) in [6, 6.07) is 3.95. The predicted molar refractivity (Wildman–Crippen MR) is 66.8 cm³/mol. The van der Waals surface area contributed by atoms with Crippen molar-refractivity contribution < 1.29 is 4.79 Å². The lowest BCUT2D eigenvalue weighted by Gasteiger charge is -2.01. The summed E-state index contributed by atoms with van der Waals surface area (Å²) in [7, 11) is 0. The number of aromatic nitrogens is 1. The molecule has 2 aromatic heterocycles. The van der Waals surface area contributed by atoms with Crippen LogP contribution in [0.3, 0.4) is 0 Å². The number of thiazole rings is 1. The van der Waals surface area contributed by atoms with Crippen molar-refractivity contribution in [2.75, 3.05) is 5.73 Å². The Labute approximate surface area is 101 Å². The summed E-state index contributed by atoms with van der Waals surface area (Å²) in [5.74, 6) is -0.111. The third kappa shape index (κ3) is 2.40. The Morgan fingerprint density at radius 2 is 2.44 bits per heavy atom. The molecule has 0 spiro atoms. The van der Waals surface area contributed by atoms with E-state index in [1.165, 1.54) is 11.3 Å². The highest BCUT2D eigenvalue weighted by atomic mass is 32.1. The highest BCUT2D eigenvalue weighted by Crippen LogP contribution is 2.19. The van der Waals surface area contributed by atoms with Crippen LogP contribution in [-0.4, -0.2) is 10.9 Å². The third-order valence-electron chi connectivity index (χ3n) is 2.02. The number of nitrogens with two attached hydrogens (primary N) is 1. The minimum Gasteiger partial charge on any atom is -0.375 e. The Hall–Kier alpha value is -1.40. The molecule has 0 fully saturated rings. The quantitative estimate of drug-likeness (QED) is 0.879. The van der Waals surface area contributed by atoms with Crippen LogP contribution < -0.4 is 11.1 Å².